The highest BCUT2D eigenvalue weighted by atomic mass is 19.2. The summed E-state index contributed by atoms with van der Waals surface area (Å²) >= 11 is 0. The summed E-state index contributed by atoms with van der Waals surface area (Å²) in [6.45, 7) is 3.68. The molecule has 10 heteroatoms. The van der Waals surface area contributed by atoms with E-state index in [1.807, 2.05) is 6.92 Å². The Morgan fingerprint density at radius 3 is 2.50 bits per heavy atom. The van der Waals surface area contributed by atoms with Crippen LogP contribution in [0.1, 0.15) is 43.1 Å². The Labute approximate surface area is 218 Å². The predicted octanol–water partition coefficient (Wildman–Crippen LogP) is 5.10. The second kappa shape index (κ2) is 10.5. The number of H-pyrrole nitrogens is 1. The van der Waals surface area contributed by atoms with Crippen molar-refractivity contribution in [3.8, 4) is 0 Å². The number of halogens is 5. The van der Waals surface area contributed by atoms with Crippen molar-refractivity contribution in [3.63, 3.8) is 0 Å². The van der Waals surface area contributed by atoms with Gasteiger partial charge in [-0.05, 0) is 62.6 Å². The number of anilines is 1. The molecule has 1 aromatic heterocycles. The summed E-state index contributed by atoms with van der Waals surface area (Å²) in [5, 5.41) is 13.5. The molecule has 2 aliphatic rings. The highest BCUT2D eigenvalue weighted by Gasteiger charge is 2.42. The molecule has 1 saturated heterocycles. The Hall–Kier alpha value is -2.69. The standard InChI is InChI=1S/C28H33F5N4O/c1-16-8-21-20-5-4-17(30)9-24(20)35-26(21)27(37(16)14-28(2,33)15-38)25-22(31)10-18(11-23(25)32)34-19-12-36(13-19)7-3-6-29/h4-5,9-11,16,19,27,34-35,38H,3,6-8,12-15H2,1-2H3/t16-,27-,28+/m1/s1. The van der Waals surface area contributed by atoms with Crippen molar-refractivity contribution in [2.75, 3.05) is 44.8 Å². The first-order chi connectivity index (χ1) is 18.1. The van der Waals surface area contributed by atoms with Gasteiger partial charge in [0.25, 0.3) is 0 Å². The van der Waals surface area contributed by atoms with Gasteiger partial charge in [0.15, 0.2) is 0 Å². The topological polar surface area (TPSA) is 54.5 Å². The average molecular weight is 537 g/mol. The van der Waals surface area contributed by atoms with Crippen LogP contribution in [-0.2, 0) is 6.42 Å². The summed E-state index contributed by atoms with van der Waals surface area (Å²) < 4.78 is 73.0. The van der Waals surface area contributed by atoms with Gasteiger partial charge in [-0.25, -0.2) is 17.6 Å². The zero-order valence-electron chi connectivity index (χ0n) is 21.5. The second-order valence-electron chi connectivity index (χ2n) is 10.9. The molecule has 2 aliphatic heterocycles. The summed E-state index contributed by atoms with van der Waals surface area (Å²) in [5.74, 6) is -2.02. The molecule has 2 aromatic carbocycles. The number of aromatic nitrogens is 1. The molecule has 0 aliphatic carbocycles. The van der Waals surface area contributed by atoms with Crippen LogP contribution in [0.3, 0.4) is 0 Å². The van der Waals surface area contributed by atoms with Crippen LogP contribution in [0.5, 0.6) is 0 Å². The second-order valence-corrected chi connectivity index (χ2v) is 10.9. The minimum absolute atomic E-state index is 0.00234. The lowest BCUT2D eigenvalue weighted by atomic mass is 9.87. The van der Waals surface area contributed by atoms with Gasteiger partial charge in [0.2, 0.25) is 0 Å². The molecule has 0 spiro atoms. The number of hydrogen-bond acceptors (Lipinski definition) is 4. The van der Waals surface area contributed by atoms with Crippen molar-refractivity contribution < 1.29 is 27.1 Å². The monoisotopic (exact) mass is 536 g/mol. The van der Waals surface area contributed by atoms with Crippen LogP contribution in [0.25, 0.3) is 10.9 Å². The summed E-state index contributed by atoms with van der Waals surface area (Å²) in [6.07, 6.45) is 0.917. The fraction of sp³-hybridized carbons (Fsp3) is 0.500. The molecule has 206 valence electrons. The molecule has 0 amide bonds. The predicted molar refractivity (Wildman–Crippen MR) is 137 cm³/mol. The van der Waals surface area contributed by atoms with Crippen molar-refractivity contribution in [2.45, 2.75) is 50.5 Å². The zero-order valence-corrected chi connectivity index (χ0v) is 21.5. The average Bonchev–Trinajstić information content (AvgIpc) is 3.18. The van der Waals surface area contributed by atoms with Crippen LogP contribution in [-0.4, -0.2) is 77.1 Å². The number of nitrogens with one attached hydrogen (secondary N) is 2. The van der Waals surface area contributed by atoms with E-state index in [4.69, 9.17) is 0 Å². The maximum atomic E-state index is 15.8. The van der Waals surface area contributed by atoms with Crippen LogP contribution < -0.4 is 5.32 Å². The van der Waals surface area contributed by atoms with Gasteiger partial charge in [0.1, 0.15) is 23.1 Å². The number of benzene rings is 2. The lowest BCUT2D eigenvalue weighted by Gasteiger charge is -2.43. The number of nitrogens with zero attached hydrogens (tertiary/aromatic N) is 2. The van der Waals surface area contributed by atoms with Crippen LogP contribution in [0.4, 0.5) is 27.6 Å². The van der Waals surface area contributed by atoms with E-state index in [1.165, 1.54) is 31.2 Å². The van der Waals surface area contributed by atoms with E-state index in [0.29, 0.717) is 49.4 Å². The van der Waals surface area contributed by atoms with Gasteiger partial charge in [0, 0.05) is 60.1 Å². The number of hydrogen-bond donors (Lipinski definition) is 3. The van der Waals surface area contributed by atoms with Crippen molar-refractivity contribution in [1.82, 2.24) is 14.8 Å². The van der Waals surface area contributed by atoms with Crippen molar-refractivity contribution >= 4 is 16.6 Å². The molecule has 5 rings (SSSR count). The van der Waals surface area contributed by atoms with E-state index in [2.05, 4.69) is 15.2 Å². The lowest BCUT2D eigenvalue weighted by Crippen LogP contribution is -2.54. The Balaban J connectivity index is 1.52. The third-order valence-corrected chi connectivity index (χ3v) is 7.70. The van der Waals surface area contributed by atoms with E-state index in [0.717, 1.165) is 10.9 Å². The van der Waals surface area contributed by atoms with E-state index in [-0.39, 0.29) is 30.9 Å². The van der Waals surface area contributed by atoms with Gasteiger partial charge in [-0.15, -0.1) is 0 Å². The van der Waals surface area contributed by atoms with Gasteiger partial charge in [-0.1, -0.05) is 0 Å². The van der Waals surface area contributed by atoms with Crippen LogP contribution >= 0.6 is 0 Å². The van der Waals surface area contributed by atoms with E-state index >= 15 is 13.2 Å². The van der Waals surface area contributed by atoms with Crippen LogP contribution in [0.2, 0.25) is 0 Å². The Bertz CT molecular complexity index is 1280. The summed E-state index contributed by atoms with van der Waals surface area (Å²) in [4.78, 5) is 6.88. The SMILES string of the molecule is C[C@@H]1Cc2c([nH]c3cc(F)ccc23)[C@@H](c2c(F)cc(NC3CN(CCCF)C3)cc2F)N1C[C@](C)(F)CO. The maximum absolute atomic E-state index is 15.8. The number of rotatable bonds is 9. The van der Waals surface area contributed by atoms with E-state index in [1.54, 1.807) is 11.0 Å². The Morgan fingerprint density at radius 1 is 1.13 bits per heavy atom. The van der Waals surface area contributed by atoms with Crippen LogP contribution in [0.15, 0.2) is 30.3 Å². The molecule has 5 nitrogen and oxygen atoms in total. The maximum Gasteiger partial charge on any atom is 0.143 e. The molecule has 0 unspecified atom stereocenters. The minimum atomic E-state index is -2.01. The zero-order chi connectivity index (χ0) is 27.2. The normalized spacial score (nSPS) is 22.3. The number of aliphatic hydroxyl groups is 1. The molecule has 3 heterocycles. The highest BCUT2D eigenvalue weighted by molar-refractivity contribution is 5.85. The fourth-order valence-corrected chi connectivity index (χ4v) is 5.81. The highest BCUT2D eigenvalue weighted by Crippen LogP contribution is 2.43. The molecule has 3 atom stereocenters. The Kier molecular flexibility index (Phi) is 7.41. The number of fused-ring (bicyclic) bond motifs is 3. The van der Waals surface area contributed by atoms with Gasteiger partial charge < -0.3 is 15.4 Å². The fourth-order valence-electron chi connectivity index (χ4n) is 5.81. The van der Waals surface area contributed by atoms with Gasteiger partial charge in [0.05, 0.1) is 25.4 Å². The quantitative estimate of drug-likeness (QED) is 0.333. The largest absolute Gasteiger partial charge is 0.393 e. The summed E-state index contributed by atoms with van der Waals surface area (Å²) in [5.41, 5.74) is -0.156. The molecule has 38 heavy (non-hydrogen) atoms. The third kappa shape index (κ3) is 5.13. The van der Waals surface area contributed by atoms with Crippen molar-refractivity contribution in [1.29, 1.82) is 0 Å². The van der Waals surface area contributed by atoms with Gasteiger partial charge in [-0.3, -0.25) is 14.2 Å². The molecule has 0 radical (unpaired) electrons. The van der Waals surface area contributed by atoms with Crippen molar-refractivity contribution in [2.24, 2.45) is 0 Å². The number of alkyl halides is 2. The first kappa shape index (κ1) is 26.9. The number of likely N-dealkylation sites (tertiary alicyclic amines) is 1. The molecule has 1 fully saturated rings. The van der Waals surface area contributed by atoms with E-state index in [9.17, 15) is 13.9 Å². The van der Waals surface area contributed by atoms with E-state index < -0.39 is 35.8 Å². The molecular weight excluding hydrogens is 503 g/mol. The Morgan fingerprint density at radius 2 is 1.84 bits per heavy atom. The smallest absolute Gasteiger partial charge is 0.143 e. The number of aliphatic hydroxyl groups excluding tert-OH is 1. The first-order valence-electron chi connectivity index (χ1n) is 13.0. The molecular formula is C28H33F5N4O. The minimum Gasteiger partial charge on any atom is -0.393 e. The molecule has 3 aromatic rings. The lowest BCUT2D eigenvalue weighted by molar-refractivity contribution is 0.0162. The molecule has 0 saturated carbocycles. The summed E-state index contributed by atoms with van der Waals surface area (Å²) in [7, 11) is 0. The molecule has 3 N–H and O–H groups in total. The van der Waals surface area contributed by atoms with Gasteiger partial charge >= 0.3 is 0 Å². The van der Waals surface area contributed by atoms with Crippen LogP contribution in [0, 0.1) is 17.5 Å². The molecule has 0 bridgehead atoms. The van der Waals surface area contributed by atoms with Gasteiger partial charge in [-0.2, -0.15) is 0 Å². The number of aromatic amines is 1. The first-order valence-corrected chi connectivity index (χ1v) is 13.0. The summed E-state index contributed by atoms with van der Waals surface area (Å²) in [6, 6.07) is 5.46. The third-order valence-electron chi connectivity index (χ3n) is 7.70. The van der Waals surface area contributed by atoms with Crippen molar-refractivity contribution in [3.05, 3.63) is 64.6 Å².